The minimum absolute atomic E-state index is 0.118. The number of rotatable bonds is 7. The number of aromatic nitrogens is 1. The standard InChI is InChI=1S/C19H19FN2O3S/c1-2-12-5-8-16(21-10-12)15(20)11-25-14-6-3-13(4-7-14)9-17-18(23)22-19(24)26-17/h3-8,10,15,17H,2,9,11H2,1H3,(H,22,23,24). The van der Waals surface area contributed by atoms with E-state index in [-0.39, 0.29) is 17.8 Å². The average Bonchev–Trinajstić information content (AvgIpc) is 2.98. The number of imide groups is 1. The Bertz CT molecular complexity index is 780. The van der Waals surface area contributed by atoms with Crippen LogP contribution in [0.1, 0.15) is 29.9 Å². The maximum absolute atomic E-state index is 14.2. The maximum atomic E-state index is 14.2. The van der Waals surface area contributed by atoms with E-state index in [1.54, 1.807) is 24.4 Å². The molecule has 0 spiro atoms. The molecule has 1 aromatic carbocycles. The predicted octanol–water partition coefficient (Wildman–Crippen LogP) is 3.63. The lowest BCUT2D eigenvalue weighted by Crippen LogP contribution is -2.25. The van der Waals surface area contributed by atoms with Gasteiger partial charge >= 0.3 is 0 Å². The summed E-state index contributed by atoms with van der Waals surface area (Å²) in [4.78, 5) is 26.9. The minimum Gasteiger partial charge on any atom is -0.490 e. The molecule has 1 aliphatic rings. The fourth-order valence-electron chi connectivity index (χ4n) is 2.55. The fourth-order valence-corrected chi connectivity index (χ4v) is 3.41. The fraction of sp³-hybridized carbons (Fsp3) is 0.316. The van der Waals surface area contributed by atoms with Gasteiger partial charge in [-0.2, -0.15) is 0 Å². The third kappa shape index (κ3) is 4.60. The normalized spacial score (nSPS) is 17.8. The van der Waals surface area contributed by atoms with Crippen LogP contribution in [0.5, 0.6) is 5.75 Å². The highest BCUT2D eigenvalue weighted by atomic mass is 32.2. The first-order valence-corrected chi connectivity index (χ1v) is 9.25. The van der Waals surface area contributed by atoms with Crippen LogP contribution in [0.4, 0.5) is 9.18 Å². The summed E-state index contributed by atoms with van der Waals surface area (Å²) in [7, 11) is 0. The minimum atomic E-state index is -1.30. The van der Waals surface area contributed by atoms with Gasteiger partial charge in [0.1, 0.15) is 12.4 Å². The maximum Gasteiger partial charge on any atom is 0.286 e. The van der Waals surface area contributed by atoms with E-state index in [1.165, 1.54) is 0 Å². The third-order valence-corrected chi connectivity index (χ3v) is 5.07. The van der Waals surface area contributed by atoms with Crippen LogP contribution >= 0.6 is 11.8 Å². The number of nitrogens with zero attached hydrogens (tertiary/aromatic N) is 1. The number of carbonyl (C=O) groups excluding carboxylic acids is 2. The Morgan fingerprint density at radius 1 is 1.19 bits per heavy atom. The van der Waals surface area contributed by atoms with Crippen LogP contribution in [0.2, 0.25) is 0 Å². The molecule has 2 heterocycles. The number of nitrogens with one attached hydrogen (secondary N) is 1. The molecule has 3 rings (SSSR count). The lowest BCUT2D eigenvalue weighted by atomic mass is 10.1. The van der Waals surface area contributed by atoms with Crippen molar-refractivity contribution in [2.45, 2.75) is 31.2 Å². The highest BCUT2D eigenvalue weighted by Crippen LogP contribution is 2.24. The smallest absolute Gasteiger partial charge is 0.286 e. The summed E-state index contributed by atoms with van der Waals surface area (Å²) in [6, 6.07) is 10.6. The number of pyridine rings is 1. The number of aryl methyl sites for hydroxylation is 1. The molecule has 136 valence electrons. The number of amides is 2. The van der Waals surface area contributed by atoms with Crippen LogP contribution in [0, 0.1) is 0 Å². The van der Waals surface area contributed by atoms with E-state index in [0.29, 0.717) is 17.9 Å². The zero-order chi connectivity index (χ0) is 18.5. The molecule has 0 saturated carbocycles. The second-order valence-electron chi connectivity index (χ2n) is 5.95. The predicted molar refractivity (Wildman–Crippen MR) is 98.0 cm³/mol. The monoisotopic (exact) mass is 374 g/mol. The summed E-state index contributed by atoms with van der Waals surface area (Å²) in [6.45, 7) is 1.90. The molecule has 1 aromatic heterocycles. The van der Waals surface area contributed by atoms with Gasteiger partial charge in [-0.25, -0.2) is 4.39 Å². The van der Waals surface area contributed by atoms with Crippen molar-refractivity contribution in [2.24, 2.45) is 0 Å². The van der Waals surface area contributed by atoms with E-state index in [1.807, 2.05) is 25.1 Å². The molecule has 5 nitrogen and oxygen atoms in total. The number of hydrogen-bond donors (Lipinski definition) is 1. The molecule has 2 amide bonds. The number of hydrogen-bond acceptors (Lipinski definition) is 5. The Morgan fingerprint density at radius 3 is 2.50 bits per heavy atom. The van der Waals surface area contributed by atoms with E-state index in [2.05, 4.69) is 10.3 Å². The molecule has 1 fully saturated rings. The lowest BCUT2D eigenvalue weighted by Gasteiger charge is -2.11. The average molecular weight is 374 g/mol. The summed E-state index contributed by atoms with van der Waals surface area (Å²) in [5, 5.41) is 1.55. The van der Waals surface area contributed by atoms with Gasteiger partial charge in [-0.15, -0.1) is 0 Å². The van der Waals surface area contributed by atoms with Crippen LogP contribution in [0.25, 0.3) is 0 Å². The molecule has 7 heteroatoms. The lowest BCUT2D eigenvalue weighted by molar-refractivity contribution is -0.118. The largest absolute Gasteiger partial charge is 0.490 e. The zero-order valence-corrected chi connectivity index (χ0v) is 15.1. The molecule has 2 aromatic rings. The number of halogens is 1. The SMILES string of the molecule is CCc1ccc(C(F)COc2ccc(CC3SC(=O)NC3=O)cc2)nc1. The quantitative estimate of drug-likeness (QED) is 0.802. The second kappa shape index (κ2) is 8.31. The van der Waals surface area contributed by atoms with Crippen LogP contribution in [-0.2, 0) is 17.6 Å². The first kappa shape index (κ1) is 18.4. The Labute approximate surface area is 155 Å². The molecule has 1 N–H and O–H groups in total. The molecule has 2 unspecified atom stereocenters. The molecular formula is C19H19FN2O3S. The van der Waals surface area contributed by atoms with Crippen LogP contribution in [-0.4, -0.2) is 28.0 Å². The van der Waals surface area contributed by atoms with Crippen molar-refractivity contribution in [3.63, 3.8) is 0 Å². The van der Waals surface area contributed by atoms with Crippen molar-refractivity contribution in [1.29, 1.82) is 0 Å². The number of benzene rings is 1. The highest BCUT2D eigenvalue weighted by Gasteiger charge is 2.31. The number of ether oxygens (including phenoxy) is 1. The first-order valence-electron chi connectivity index (χ1n) is 8.37. The van der Waals surface area contributed by atoms with Crippen LogP contribution in [0.15, 0.2) is 42.6 Å². The van der Waals surface area contributed by atoms with Crippen molar-refractivity contribution in [1.82, 2.24) is 10.3 Å². The summed E-state index contributed by atoms with van der Waals surface area (Å²) in [6.07, 6.45) is 1.70. The van der Waals surface area contributed by atoms with Gasteiger partial charge in [0.2, 0.25) is 5.91 Å². The van der Waals surface area contributed by atoms with Crippen LogP contribution in [0.3, 0.4) is 0 Å². The summed E-state index contributed by atoms with van der Waals surface area (Å²) >= 11 is 1.000. The molecular weight excluding hydrogens is 355 g/mol. The molecule has 2 atom stereocenters. The van der Waals surface area contributed by atoms with Gasteiger partial charge in [0.15, 0.2) is 6.17 Å². The van der Waals surface area contributed by atoms with Crippen molar-refractivity contribution in [3.8, 4) is 5.75 Å². The van der Waals surface area contributed by atoms with Crippen molar-refractivity contribution < 1.29 is 18.7 Å². The summed E-state index contributed by atoms with van der Waals surface area (Å²) in [5.41, 5.74) is 2.33. The van der Waals surface area contributed by atoms with E-state index in [9.17, 15) is 14.0 Å². The third-order valence-electron chi connectivity index (χ3n) is 4.08. The van der Waals surface area contributed by atoms with Gasteiger partial charge < -0.3 is 4.74 Å². The van der Waals surface area contributed by atoms with Crippen molar-refractivity contribution in [3.05, 3.63) is 59.4 Å². The van der Waals surface area contributed by atoms with Gasteiger partial charge in [-0.1, -0.05) is 36.9 Å². The Hall–Kier alpha value is -2.41. The van der Waals surface area contributed by atoms with Crippen molar-refractivity contribution in [2.75, 3.05) is 6.61 Å². The topological polar surface area (TPSA) is 68.3 Å². The van der Waals surface area contributed by atoms with Gasteiger partial charge in [0.05, 0.1) is 10.9 Å². The number of carbonyl (C=O) groups is 2. The van der Waals surface area contributed by atoms with Gasteiger partial charge in [0.25, 0.3) is 5.24 Å². The van der Waals surface area contributed by atoms with E-state index >= 15 is 0 Å². The Balaban J connectivity index is 1.52. The Morgan fingerprint density at radius 2 is 1.92 bits per heavy atom. The summed E-state index contributed by atoms with van der Waals surface area (Å²) in [5.74, 6) is 0.281. The first-order chi connectivity index (χ1) is 12.5. The molecule has 0 aliphatic carbocycles. The van der Waals surface area contributed by atoms with E-state index in [0.717, 1.165) is 29.3 Å². The highest BCUT2D eigenvalue weighted by molar-refractivity contribution is 8.15. The molecule has 1 saturated heterocycles. The van der Waals surface area contributed by atoms with Crippen molar-refractivity contribution >= 4 is 22.9 Å². The van der Waals surface area contributed by atoms with Crippen LogP contribution < -0.4 is 10.1 Å². The van der Waals surface area contributed by atoms with Gasteiger partial charge in [-0.3, -0.25) is 19.9 Å². The van der Waals surface area contributed by atoms with E-state index in [4.69, 9.17) is 4.74 Å². The van der Waals surface area contributed by atoms with Gasteiger partial charge in [0, 0.05) is 6.20 Å². The molecule has 1 aliphatic heterocycles. The summed E-state index contributed by atoms with van der Waals surface area (Å²) < 4.78 is 19.7. The molecule has 0 radical (unpaired) electrons. The Kier molecular flexibility index (Phi) is 5.88. The number of thioether (sulfide) groups is 1. The second-order valence-corrected chi connectivity index (χ2v) is 7.13. The van der Waals surface area contributed by atoms with Gasteiger partial charge in [-0.05, 0) is 42.2 Å². The number of alkyl halides is 1. The molecule has 26 heavy (non-hydrogen) atoms. The molecule has 0 bridgehead atoms. The van der Waals surface area contributed by atoms with E-state index < -0.39 is 11.4 Å². The zero-order valence-electron chi connectivity index (χ0n) is 14.3.